The van der Waals surface area contributed by atoms with Crippen molar-refractivity contribution in [3.63, 3.8) is 0 Å². The van der Waals surface area contributed by atoms with Crippen molar-refractivity contribution in [2.75, 3.05) is 5.32 Å². The molecule has 23 heavy (non-hydrogen) atoms. The molecule has 2 amide bonds. The smallest absolute Gasteiger partial charge is 0.275 e. The summed E-state index contributed by atoms with van der Waals surface area (Å²) >= 11 is 1.35. The van der Waals surface area contributed by atoms with Crippen LogP contribution >= 0.6 is 11.3 Å². The molecule has 0 aromatic carbocycles. The molecule has 0 aliphatic heterocycles. The Labute approximate surface area is 135 Å². The maximum Gasteiger partial charge on any atom is 0.275 e. The number of aryl methyl sites for hydroxylation is 1. The number of amides is 2. The number of pyridine rings is 1. The number of carbonyl (C=O) groups is 2. The van der Waals surface area contributed by atoms with Crippen molar-refractivity contribution in [2.24, 2.45) is 12.8 Å². The second kappa shape index (κ2) is 5.97. The van der Waals surface area contributed by atoms with Crippen LogP contribution in [0.4, 0.5) is 5.69 Å². The van der Waals surface area contributed by atoms with Gasteiger partial charge in [-0.25, -0.2) is 4.98 Å². The Morgan fingerprint density at radius 1 is 1.30 bits per heavy atom. The zero-order chi connectivity index (χ0) is 16.4. The minimum Gasteiger partial charge on any atom is -0.364 e. The van der Waals surface area contributed by atoms with Crippen molar-refractivity contribution in [2.45, 2.75) is 0 Å². The van der Waals surface area contributed by atoms with Gasteiger partial charge in [0.05, 0.1) is 5.69 Å². The van der Waals surface area contributed by atoms with E-state index in [1.54, 1.807) is 24.8 Å². The van der Waals surface area contributed by atoms with Crippen molar-refractivity contribution in [3.05, 3.63) is 47.5 Å². The first-order chi connectivity index (χ1) is 11.0. The number of rotatable bonds is 4. The SMILES string of the molecule is Cn1cc(NC(=O)c2csc(-c3ccncc3)n2)c(C(N)=O)n1. The fraction of sp³-hybridized carbons (Fsp3) is 0.0714. The normalized spacial score (nSPS) is 10.5. The van der Waals surface area contributed by atoms with E-state index in [2.05, 4.69) is 20.4 Å². The van der Waals surface area contributed by atoms with Crippen LogP contribution in [0.5, 0.6) is 0 Å². The van der Waals surface area contributed by atoms with Crippen molar-refractivity contribution >= 4 is 28.8 Å². The Morgan fingerprint density at radius 2 is 2.04 bits per heavy atom. The third-order valence-electron chi connectivity index (χ3n) is 2.97. The third-order valence-corrected chi connectivity index (χ3v) is 3.87. The summed E-state index contributed by atoms with van der Waals surface area (Å²) in [7, 11) is 1.63. The molecule has 3 aromatic rings. The Hall–Kier alpha value is -3.07. The van der Waals surface area contributed by atoms with Crippen LogP contribution in [0.15, 0.2) is 36.1 Å². The first-order valence-electron chi connectivity index (χ1n) is 6.55. The summed E-state index contributed by atoms with van der Waals surface area (Å²) in [6.45, 7) is 0. The van der Waals surface area contributed by atoms with Crippen molar-refractivity contribution in [1.29, 1.82) is 0 Å². The molecular weight excluding hydrogens is 316 g/mol. The second-order valence-electron chi connectivity index (χ2n) is 4.66. The lowest BCUT2D eigenvalue weighted by Crippen LogP contribution is -2.18. The Balaban J connectivity index is 1.82. The molecule has 3 rings (SSSR count). The average Bonchev–Trinajstić information content (AvgIpc) is 3.15. The molecule has 9 heteroatoms. The summed E-state index contributed by atoms with van der Waals surface area (Å²) < 4.78 is 1.40. The van der Waals surface area contributed by atoms with Crippen LogP contribution in [0.1, 0.15) is 21.0 Å². The lowest BCUT2D eigenvalue weighted by Gasteiger charge is -2.01. The van der Waals surface area contributed by atoms with Gasteiger partial charge in [-0.1, -0.05) is 0 Å². The summed E-state index contributed by atoms with van der Waals surface area (Å²) in [6.07, 6.45) is 4.82. The Kier molecular flexibility index (Phi) is 3.85. The first-order valence-corrected chi connectivity index (χ1v) is 7.43. The molecule has 0 aliphatic carbocycles. The monoisotopic (exact) mass is 328 g/mol. The van der Waals surface area contributed by atoms with Crippen molar-refractivity contribution in [1.82, 2.24) is 19.7 Å². The minimum absolute atomic E-state index is 0.00503. The Morgan fingerprint density at radius 3 is 2.74 bits per heavy atom. The molecule has 3 aromatic heterocycles. The molecule has 0 radical (unpaired) electrons. The molecule has 116 valence electrons. The van der Waals surface area contributed by atoms with E-state index in [-0.39, 0.29) is 17.1 Å². The quantitative estimate of drug-likeness (QED) is 0.748. The zero-order valence-corrected chi connectivity index (χ0v) is 12.9. The molecule has 0 fully saturated rings. The molecule has 0 aliphatic rings. The number of anilines is 1. The molecule has 0 saturated heterocycles. The highest BCUT2D eigenvalue weighted by Gasteiger charge is 2.18. The summed E-state index contributed by atoms with van der Waals surface area (Å²) in [5.41, 5.74) is 6.62. The number of aromatic nitrogens is 4. The predicted molar refractivity (Wildman–Crippen MR) is 85.0 cm³/mol. The number of hydrogen-bond acceptors (Lipinski definition) is 6. The average molecular weight is 328 g/mol. The van der Waals surface area contributed by atoms with E-state index in [4.69, 9.17) is 5.73 Å². The summed E-state index contributed by atoms with van der Waals surface area (Å²) in [5.74, 6) is -1.14. The maximum atomic E-state index is 12.3. The molecule has 3 heterocycles. The number of nitrogens with one attached hydrogen (secondary N) is 1. The van der Waals surface area contributed by atoms with E-state index in [1.807, 2.05) is 12.1 Å². The molecule has 0 bridgehead atoms. The fourth-order valence-corrected chi connectivity index (χ4v) is 2.76. The second-order valence-corrected chi connectivity index (χ2v) is 5.52. The molecule has 8 nitrogen and oxygen atoms in total. The summed E-state index contributed by atoms with van der Waals surface area (Å²) in [4.78, 5) is 31.8. The van der Waals surface area contributed by atoms with Gasteiger partial charge in [0.25, 0.3) is 11.8 Å². The lowest BCUT2D eigenvalue weighted by molar-refractivity contribution is 0.0995. The van der Waals surface area contributed by atoms with E-state index in [0.29, 0.717) is 5.01 Å². The van der Waals surface area contributed by atoms with E-state index in [1.165, 1.54) is 22.2 Å². The van der Waals surface area contributed by atoms with Gasteiger partial charge in [-0.15, -0.1) is 11.3 Å². The van der Waals surface area contributed by atoms with Crippen LogP contribution < -0.4 is 11.1 Å². The van der Waals surface area contributed by atoms with E-state index < -0.39 is 11.8 Å². The maximum absolute atomic E-state index is 12.3. The third kappa shape index (κ3) is 3.09. The van der Waals surface area contributed by atoms with Crippen LogP contribution in [-0.2, 0) is 7.05 Å². The zero-order valence-electron chi connectivity index (χ0n) is 12.1. The topological polar surface area (TPSA) is 116 Å². The molecule has 0 spiro atoms. The largest absolute Gasteiger partial charge is 0.364 e. The van der Waals surface area contributed by atoms with Gasteiger partial charge in [0.1, 0.15) is 10.7 Å². The van der Waals surface area contributed by atoms with Crippen LogP contribution in [0.25, 0.3) is 10.6 Å². The highest BCUT2D eigenvalue weighted by atomic mass is 32.1. The number of carbonyl (C=O) groups excluding carboxylic acids is 2. The van der Waals surface area contributed by atoms with Crippen LogP contribution in [0, 0.1) is 0 Å². The van der Waals surface area contributed by atoms with Crippen LogP contribution in [0.2, 0.25) is 0 Å². The minimum atomic E-state index is -0.711. The van der Waals surface area contributed by atoms with Crippen molar-refractivity contribution < 1.29 is 9.59 Å². The van der Waals surface area contributed by atoms with Crippen molar-refractivity contribution in [3.8, 4) is 10.6 Å². The van der Waals surface area contributed by atoms with Gasteiger partial charge in [0.2, 0.25) is 0 Å². The van der Waals surface area contributed by atoms with E-state index in [9.17, 15) is 9.59 Å². The number of hydrogen-bond donors (Lipinski definition) is 2. The molecular formula is C14H12N6O2S. The number of thiazole rings is 1. The highest BCUT2D eigenvalue weighted by molar-refractivity contribution is 7.13. The van der Waals surface area contributed by atoms with E-state index in [0.717, 1.165) is 5.56 Å². The van der Waals surface area contributed by atoms with Gasteiger partial charge < -0.3 is 11.1 Å². The first kappa shape index (κ1) is 14.9. The Bertz CT molecular complexity index is 871. The predicted octanol–water partition coefficient (Wildman–Crippen LogP) is 1.29. The summed E-state index contributed by atoms with van der Waals surface area (Å²) in [5, 5.41) is 8.87. The number of primary amides is 1. The number of nitrogens with two attached hydrogens (primary N) is 1. The van der Waals surface area contributed by atoms with Crippen LogP contribution in [0.3, 0.4) is 0 Å². The van der Waals surface area contributed by atoms with Gasteiger partial charge in [-0.05, 0) is 12.1 Å². The van der Waals surface area contributed by atoms with Gasteiger partial charge >= 0.3 is 0 Å². The van der Waals surface area contributed by atoms with Crippen LogP contribution in [-0.4, -0.2) is 31.6 Å². The molecule has 0 saturated carbocycles. The summed E-state index contributed by atoms with van der Waals surface area (Å²) in [6, 6.07) is 3.62. The van der Waals surface area contributed by atoms with E-state index >= 15 is 0 Å². The van der Waals surface area contributed by atoms with Gasteiger partial charge in [-0.3, -0.25) is 19.3 Å². The molecule has 3 N–H and O–H groups in total. The van der Waals surface area contributed by atoms with Gasteiger partial charge in [0.15, 0.2) is 5.69 Å². The number of nitrogens with zero attached hydrogens (tertiary/aromatic N) is 4. The van der Waals surface area contributed by atoms with Gasteiger partial charge in [-0.2, -0.15) is 5.10 Å². The lowest BCUT2D eigenvalue weighted by atomic mass is 10.3. The van der Waals surface area contributed by atoms with Gasteiger partial charge in [0, 0.05) is 36.6 Å². The molecule has 0 unspecified atom stereocenters. The fourth-order valence-electron chi connectivity index (χ4n) is 1.95. The standard InChI is InChI=1S/C14H12N6O2S/c1-20-6-9(11(19-20)12(15)21)17-13(22)10-7-23-14(18-10)8-2-4-16-5-3-8/h2-7H,1H3,(H2,15,21)(H,17,22). The highest BCUT2D eigenvalue weighted by Crippen LogP contribution is 2.23. The molecule has 0 atom stereocenters.